The highest BCUT2D eigenvalue weighted by Crippen LogP contribution is 2.24. The number of benzene rings is 1. The fraction of sp³-hybridized carbons (Fsp3) is 0.562. The standard InChI is InChI=1S/C16H22N2OS.ClH/c1-11-3-6-14(20-2)9-15(11)16(19)18-8-7-12-4-5-13(10-18)17-12;/h3,6,9,12-13,17H,4-5,7-8,10H2,1-2H3;1H. The Balaban J connectivity index is 0.00000161. The molecular weight excluding hydrogens is 304 g/mol. The van der Waals surface area contributed by atoms with Gasteiger partial charge in [0, 0.05) is 35.6 Å². The average molecular weight is 327 g/mol. The third kappa shape index (κ3) is 3.55. The first-order chi connectivity index (χ1) is 9.67. The number of likely N-dealkylation sites (tertiary alicyclic amines) is 1. The van der Waals surface area contributed by atoms with Gasteiger partial charge in [0.25, 0.3) is 5.91 Å². The van der Waals surface area contributed by atoms with E-state index < -0.39 is 0 Å². The first-order valence-corrected chi connectivity index (χ1v) is 8.60. The lowest BCUT2D eigenvalue weighted by Gasteiger charge is -2.25. The summed E-state index contributed by atoms with van der Waals surface area (Å²) in [7, 11) is 0. The van der Waals surface area contributed by atoms with E-state index in [1.165, 1.54) is 12.8 Å². The Morgan fingerprint density at radius 1 is 1.29 bits per heavy atom. The number of hydrogen-bond acceptors (Lipinski definition) is 3. The van der Waals surface area contributed by atoms with Crippen molar-refractivity contribution in [1.82, 2.24) is 10.2 Å². The van der Waals surface area contributed by atoms with Gasteiger partial charge in [0.15, 0.2) is 0 Å². The van der Waals surface area contributed by atoms with Crippen molar-refractivity contribution in [3.05, 3.63) is 29.3 Å². The highest BCUT2D eigenvalue weighted by Gasteiger charge is 2.31. The average Bonchev–Trinajstić information content (AvgIpc) is 2.78. The number of fused-ring (bicyclic) bond motifs is 2. The molecule has 3 nitrogen and oxygen atoms in total. The van der Waals surface area contributed by atoms with Crippen molar-refractivity contribution in [2.24, 2.45) is 0 Å². The largest absolute Gasteiger partial charge is 0.337 e. The summed E-state index contributed by atoms with van der Waals surface area (Å²) in [5, 5.41) is 3.63. The lowest BCUT2D eigenvalue weighted by molar-refractivity contribution is 0.0747. The molecule has 1 aromatic carbocycles. The number of halogens is 1. The first kappa shape index (κ1) is 16.7. The van der Waals surface area contributed by atoms with Gasteiger partial charge in [0.05, 0.1) is 0 Å². The molecule has 2 aliphatic rings. The van der Waals surface area contributed by atoms with E-state index in [0.29, 0.717) is 12.1 Å². The Morgan fingerprint density at radius 2 is 2.05 bits per heavy atom. The second kappa shape index (κ2) is 7.03. The lowest BCUT2D eigenvalue weighted by atomic mass is 10.0. The summed E-state index contributed by atoms with van der Waals surface area (Å²) in [6.07, 6.45) is 5.61. The van der Waals surface area contributed by atoms with Gasteiger partial charge in [0.1, 0.15) is 0 Å². The van der Waals surface area contributed by atoms with E-state index in [1.807, 2.05) is 24.1 Å². The van der Waals surface area contributed by atoms with E-state index in [-0.39, 0.29) is 18.3 Å². The van der Waals surface area contributed by atoms with Crippen LogP contribution in [0.1, 0.15) is 35.2 Å². The molecule has 2 aliphatic heterocycles. The number of rotatable bonds is 2. The minimum atomic E-state index is 0. The number of aryl methyl sites for hydroxylation is 1. The van der Waals surface area contributed by atoms with E-state index in [2.05, 4.69) is 17.4 Å². The van der Waals surface area contributed by atoms with Gasteiger partial charge < -0.3 is 10.2 Å². The quantitative estimate of drug-likeness (QED) is 0.848. The number of carbonyl (C=O) groups excluding carboxylic acids is 1. The van der Waals surface area contributed by atoms with E-state index >= 15 is 0 Å². The molecule has 0 spiro atoms. The number of carbonyl (C=O) groups is 1. The number of hydrogen-bond donors (Lipinski definition) is 1. The summed E-state index contributed by atoms with van der Waals surface area (Å²) in [6.45, 7) is 3.77. The summed E-state index contributed by atoms with van der Waals surface area (Å²) in [4.78, 5) is 16.0. The van der Waals surface area contributed by atoms with Gasteiger partial charge in [0.2, 0.25) is 0 Å². The van der Waals surface area contributed by atoms with Crippen LogP contribution in [0.5, 0.6) is 0 Å². The van der Waals surface area contributed by atoms with Crippen LogP contribution in [0.2, 0.25) is 0 Å². The van der Waals surface area contributed by atoms with Crippen molar-refractivity contribution in [2.75, 3.05) is 19.3 Å². The van der Waals surface area contributed by atoms with Crippen LogP contribution in [0.15, 0.2) is 23.1 Å². The predicted octanol–water partition coefficient (Wildman–Crippen LogP) is 3.11. The van der Waals surface area contributed by atoms with Crippen LogP contribution in [0.3, 0.4) is 0 Å². The Labute approximate surface area is 137 Å². The lowest BCUT2D eigenvalue weighted by Crippen LogP contribution is -2.39. The smallest absolute Gasteiger partial charge is 0.254 e. The van der Waals surface area contributed by atoms with Gasteiger partial charge in [-0.15, -0.1) is 24.2 Å². The van der Waals surface area contributed by atoms with Crippen molar-refractivity contribution in [3.63, 3.8) is 0 Å². The molecule has 2 fully saturated rings. The maximum Gasteiger partial charge on any atom is 0.254 e. The predicted molar refractivity (Wildman–Crippen MR) is 90.7 cm³/mol. The second-order valence-electron chi connectivity index (χ2n) is 5.86. The van der Waals surface area contributed by atoms with Crippen molar-refractivity contribution in [3.8, 4) is 0 Å². The van der Waals surface area contributed by atoms with Crippen LogP contribution < -0.4 is 5.32 Å². The van der Waals surface area contributed by atoms with Crippen LogP contribution in [-0.4, -0.2) is 42.2 Å². The maximum absolute atomic E-state index is 12.8. The zero-order chi connectivity index (χ0) is 14.1. The molecule has 0 aliphatic carbocycles. The Morgan fingerprint density at radius 3 is 2.81 bits per heavy atom. The molecule has 21 heavy (non-hydrogen) atoms. The number of nitrogens with zero attached hydrogens (tertiary/aromatic N) is 1. The normalized spacial score (nSPS) is 24.4. The Hall–Kier alpha value is -0.710. The molecule has 1 aromatic rings. The summed E-state index contributed by atoms with van der Waals surface area (Å²) < 4.78 is 0. The molecule has 1 N–H and O–H groups in total. The molecule has 116 valence electrons. The molecule has 2 unspecified atom stereocenters. The van der Waals surface area contributed by atoms with Crippen molar-refractivity contribution in [2.45, 2.75) is 43.2 Å². The highest BCUT2D eigenvalue weighted by molar-refractivity contribution is 7.98. The molecule has 3 rings (SSSR count). The maximum atomic E-state index is 12.8. The molecule has 0 radical (unpaired) electrons. The van der Waals surface area contributed by atoms with Gasteiger partial charge in [-0.3, -0.25) is 4.79 Å². The first-order valence-electron chi connectivity index (χ1n) is 7.37. The van der Waals surface area contributed by atoms with Gasteiger partial charge in [-0.05, 0) is 50.1 Å². The van der Waals surface area contributed by atoms with Crippen molar-refractivity contribution < 1.29 is 4.79 Å². The van der Waals surface area contributed by atoms with E-state index in [4.69, 9.17) is 0 Å². The second-order valence-corrected chi connectivity index (χ2v) is 6.74. The van der Waals surface area contributed by atoms with Gasteiger partial charge in [-0.2, -0.15) is 0 Å². The molecule has 2 bridgehead atoms. The monoisotopic (exact) mass is 326 g/mol. The van der Waals surface area contributed by atoms with Crippen LogP contribution in [0.4, 0.5) is 0 Å². The van der Waals surface area contributed by atoms with Gasteiger partial charge >= 0.3 is 0 Å². The molecule has 5 heteroatoms. The topological polar surface area (TPSA) is 32.3 Å². The zero-order valence-electron chi connectivity index (χ0n) is 12.6. The minimum absolute atomic E-state index is 0. The zero-order valence-corrected chi connectivity index (χ0v) is 14.2. The number of thioether (sulfide) groups is 1. The Bertz CT molecular complexity index is 523. The van der Waals surface area contributed by atoms with E-state index in [1.54, 1.807) is 11.8 Å². The van der Waals surface area contributed by atoms with Crippen LogP contribution in [-0.2, 0) is 0 Å². The summed E-state index contributed by atoms with van der Waals surface area (Å²) in [5.74, 6) is 0.202. The molecular formula is C16H23ClN2OS. The summed E-state index contributed by atoms with van der Waals surface area (Å²) in [6, 6.07) is 7.30. The fourth-order valence-electron chi connectivity index (χ4n) is 3.26. The molecule has 2 atom stereocenters. The van der Waals surface area contributed by atoms with Gasteiger partial charge in [-0.25, -0.2) is 0 Å². The molecule has 0 aromatic heterocycles. The number of nitrogens with one attached hydrogen (secondary N) is 1. The van der Waals surface area contributed by atoms with Crippen molar-refractivity contribution >= 4 is 30.1 Å². The van der Waals surface area contributed by atoms with Crippen LogP contribution >= 0.6 is 24.2 Å². The molecule has 2 saturated heterocycles. The number of amides is 1. The summed E-state index contributed by atoms with van der Waals surface area (Å²) >= 11 is 1.69. The van der Waals surface area contributed by atoms with Crippen LogP contribution in [0, 0.1) is 6.92 Å². The van der Waals surface area contributed by atoms with E-state index in [0.717, 1.165) is 35.5 Å². The molecule has 2 heterocycles. The molecule has 0 saturated carbocycles. The SMILES string of the molecule is CSc1ccc(C)c(C(=O)N2CCC3CCC(C2)N3)c1.Cl. The fourth-order valence-corrected chi connectivity index (χ4v) is 3.70. The third-order valence-corrected chi connectivity index (χ3v) is 5.21. The third-order valence-electron chi connectivity index (χ3n) is 4.49. The summed E-state index contributed by atoms with van der Waals surface area (Å²) in [5.41, 5.74) is 1.95. The Kier molecular flexibility index (Phi) is 5.58. The van der Waals surface area contributed by atoms with Crippen molar-refractivity contribution in [1.29, 1.82) is 0 Å². The van der Waals surface area contributed by atoms with E-state index in [9.17, 15) is 4.79 Å². The minimum Gasteiger partial charge on any atom is -0.337 e. The van der Waals surface area contributed by atoms with Crippen LogP contribution in [0.25, 0.3) is 0 Å². The molecule has 1 amide bonds. The highest BCUT2D eigenvalue weighted by atomic mass is 35.5. The van der Waals surface area contributed by atoms with Gasteiger partial charge in [-0.1, -0.05) is 6.07 Å².